The highest BCUT2D eigenvalue weighted by molar-refractivity contribution is 5.84. The van der Waals surface area contributed by atoms with E-state index in [0.29, 0.717) is 5.92 Å². The third-order valence-corrected chi connectivity index (χ3v) is 3.82. The van der Waals surface area contributed by atoms with Crippen molar-refractivity contribution in [3.8, 4) is 0 Å². The van der Waals surface area contributed by atoms with Crippen LogP contribution in [0.25, 0.3) is 10.9 Å². The third-order valence-electron chi connectivity index (χ3n) is 3.82. The molecule has 0 radical (unpaired) electrons. The van der Waals surface area contributed by atoms with Crippen molar-refractivity contribution in [2.45, 2.75) is 19.9 Å². The molecular weight excluding hydrogens is 224 g/mol. The van der Waals surface area contributed by atoms with Gasteiger partial charge in [0.25, 0.3) is 0 Å². The van der Waals surface area contributed by atoms with Crippen molar-refractivity contribution in [1.29, 1.82) is 0 Å². The minimum Gasteiger partial charge on any atom is -0.396 e. The van der Waals surface area contributed by atoms with Crippen LogP contribution < -0.4 is 5.73 Å². The fourth-order valence-corrected chi connectivity index (χ4v) is 2.61. The monoisotopic (exact) mass is 246 g/mol. The molecule has 2 unspecified atom stereocenters. The van der Waals surface area contributed by atoms with Gasteiger partial charge >= 0.3 is 0 Å². The van der Waals surface area contributed by atoms with Crippen molar-refractivity contribution < 1.29 is 5.11 Å². The maximum absolute atomic E-state index is 9.52. The molecule has 0 aliphatic rings. The molecule has 1 heterocycles. The van der Waals surface area contributed by atoms with Crippen LogP contribution in [0.1, 0.15) is 25.5 Å². The number of hydrogen-bond donors (Lipinski definition) is 2. The van der Waals surface area contributed by atoms with Gasteiger partial charge in [0.2, 0.25) is 0 Å². The van der Waals surface area contributed by atoms with Gasteiger partial charge in [0, 0.05) is 42.7 Å². The van der Waals surface area contributed by atoms with Gasteiger partial charge in [-0.15, -0.1) is 0 Å². The molecule has 2 aromatic rings. The lowest BCUT2D eigenvalue weighted by atomic mass is 9.85. The maximum Gasteiger partial charge on any atom is 0.0481 e. The number of fused-ring (bicyclic) bond motifs is 1. The van der Waals surface area contributed by atoms with Crippen molar-refractivity contribution in [1.82, 2.24) is 4.57 Å². The zero-order chi connectivity index (χ0) is 13.3. The molecule has 0 fully saturated rings. The first-order chi connectivity index (χ1) is 8.56. The maximum atomic E-state index is 9.52. The minimum atomic E-state index is -0.124. The highest BCUT2D eigenvalue weighted by Gasteiger charge is 2.24. The molecule has 18 heavy (non-hydrogen) atoms. The molecule has 0 bridgehead atoms. The molecule has 2 rings (SSSR count). The van der Waals surface area contributed by atoms with E-state index in [4.69, 9.17) is 5.73 Å². The summed E-state index contributed by atoms with van der Waals surface area (Å²) in [5.74, 6) is 0.458. The lowest BCUT2D eigenvalue weighted by molar-refractivity contribution is 0.166. The summed E-state index contributed by atoms with van der Waals surface area (Å²) in [6.45, 7) is 4.33. The lowest BCUT2D eigenvalue weighted by Gasteiger charge is -2.25. The smallest absolute Gasteiger partial charge is 0.0481 e. The van der Waals surface area contributed by atoms with E-state index in [9.17, 15) is 5.11 Å². The third kappa shape index (κ3) is 2.16. The average Bonchev–Trinajstić information content (AvgIpc) is 2.68. The fourth-order valence-electron chi connectivity index (χ4n) is 2.61. The van der Waals surface area contributed by atoms with Crippen molar-refractivity contribution >= 4 is 10.9 Å². The van der Waals surface area contributed by atoms with Gasteiger partial charge in [-0.25, -0.2) is 0 Å². The molecule has 3 heteroatoms. The Bertz CT molecular complexity index is 530. The van der Waals surface area contributed by atoms with Gasteiger partial charge in [0.05, 0.1) is 0 Å². The molecule has 3 nitrogen and oxygen atoms in total. The molecule has 1 aromatic heterocycles. The highest BCUT2D eigenvalue weighted by Crippen LogP contribution is 2.31. The Labute approximate surface area is 108 Å². The first-order valence-electron chi connectivity index (χ1n) is 6.46. The van der Waals surface area contributed by atoms with E-state index >= 15 is 0 Å². The van der Waals surface area contributed by atoms with Crippen LogP contribution in [0.4, 0.5) is 0 Å². The zero-order valence-corrected chi connectivity index (χ0v) is 11.3. The van der Waals surface area contributed by atoms with Gasteiger partial charge < -0.3 is 15.4 Å². The Morgan fingerprint density at radius 2 is 1.94 bits per heavy atom. The van der Waals surface area contributed by atoms with Crippen molar-refractivity contribution in [3.63, 3.8) is 0 Å². The van der Waals surface area contributed by atoms with Crippen LogP contribution in [-0.2, 0) is 7.05 Å². The van der Waals surface area contributed by atoms with Crippen molar-refractivity contribution in [3.05, 3.63) is 36.0 Å². The first kappa shape index (κ1) is 13.1. The first-order valence-corrected chi connectivity index (χ1v) is 6.46. The number of para-hydroxylation sites is 1. The quantitative estimate of drug-likeness (QED) is 0.870. The molecule has 3 N–H and O–H groups in total. The summed E-state index contributed by atoms with van der Waals surface area (Å²) in [5, 5.41) is 10.7. The Morgan fingerprint density at radius 1 is 1.28 bits per heavy atom. The second-order valence-electron chi connectivity index (χ2n) is 5.33. The van der Waals surface area contributed by atoms with Gasteiger partial charge in [-0.05, 0) is 17.5 Å². The molecule has 0 aliphatic carbocycles. The number of nitrogens with two attached hydrogens (primary N) is 1. The molecule has 0 aliphatic heterocycles. The predicted octanol–water partition coefficient (Wildman–Crippen LogP) is 2.44. The van der Waals surface area contributed by atoms with Crippen LogP contribution in [-0.4, -0.2) is 16.3 Å². The second kappa shape index (κ2) is 5.12. The van der Waals surface area contributed by atoms with E-state index in [-0.39, 0.29) is 18.6 Å². The second-order valence-corrected chi connectivity index (χ2v) is 5.33. The van der Waals surface area contributed by atoms with Gasteiger partial charge in [0.1, 0.15) is 0 Å². The summed E-state index contributed by atoms with van der Waals surface area (Å²) in [4.78, 5) is 0. The Morgan fingerprint density at radius 3 is 2.56 bits per heavy atom. The number of aromatic nitrogens is 1. The molecule has 2 atom stereocenters. The van der Waals surface area contributed by atoms with Gasteiger partial charge in [-0.2, -0.15) is 0 Å². The van der Waals surface area contributed by atoms with E-state index in [1.807, 2.05) is 19.2 Å². The summed E-state index contributed by atoms with van der Waals surface area (Å²) in [6, 6.07) is 8.13. The number of aliphatic hydroxyl groups excluding tert-OH is 1. The van der Waals surface area contributed by atoms with E-state index < -0.39 is 0 Å². The van der Waals surface area contributed by atoms with Crippen molar-refractivity contribution in [2.24, 2.45) is 24.6 Å². The van der Waals surface area contributed by atoms with Crippen LogP contribution in [0.3, 0.4) is 0 Å². The average molecular weight is 246 g/mol. The van der Waals surface area contributed by atoms with Crippen molar-refractivity contribution in [2.75, 3.05) is 6.61 Å². The Hall–Kier alpha value is -1.32. The van der Waals surface area contributed by atoms with E-state index in [1.165, 1.54) is 10.9 Å². The topological polar surface area (TPSA) is 51.2 Å². The number of benzene rings is 1. The fraction of sp³-hybridized carbons (Fsp3) is 0.467. The van der Waals surface area contributed by atoms with Crippen LogP contribution >= 0.6 is 0 Å². The largest absolute Gasteiger partial charge is 0.396 e. The molecule has 0 amide bonds. The molecular formula is C15H22N2O. The van der Waals surface area contributed by atoms with Gasteiger partial charge in [-0.3, -0.25) is 0 Å². The molecule has 0 spiro atoms. The minimum absolute atomic E-state index is 0.0933. The summed E-state index contributed by atoms with van der Waals surface area (Å²) in [7, 11) is 2.03. The number of hydrogen-bond acceptors (Lipinski definition) is 2. The van der Waals surface area contributed by atoms with E-state index in [2.05, 4.69) is 36.7 Å². The standard InChI is InChI=1S/C15H22N2O/c1-10(2)13(9-18)15(16)12-8-17(3)14-7-5-4-6-11(12)14/h4-8,10,13,15,18H,9,16H2,1-3H3. The number of nitrogens with zero attached hydrogens (tertiary/aromatic N) is 1. The molecule has 0 saturated carbocycles. The summed E-state index contributed by atoms with van der Waals surface area (Å²) in [5.41, 5.74) is 8.67. The number of aryl methyl sites for hydroxylation is 1. The van der Waals surface area contributed by atoms with Crippen LogP contribution in [0.5, 0.6) is 0 Å². The van der Waals surface area contributed by atoms with Crippen LogP contribution in [0.2, 0.25) is 0 Å². The van der Waals surface area contributed by atoms with Gasteiger partial charge in [0.15, 0.2) is 0 Å². The summed E-state index contributed by atoms with van der Waals surface area (Å²) in [6.07, 6.45) is 2.08. The summed E-state index contributed by atoms with van der Waals surface area (Å²) < 4.78 is 2.10. The molecule has 0 saturated heterocycles. The SMILES string of the molecule is CC(C)C(CO)C(N)c1cn(C)c2ccccc12. The highest BCUT2D eigenvalue weighted by atomic mass is 16.3. The Balaban J connectivity index is 2.47. The molecule has 1 aromatic carbocycles. The lowest BCUT2D eigenvalue weighted by Crippen LogP contribution is -2.28. The van der Waals surface area contributed by atoms with Crippen LogP contribution in [0, 0.1) is 11.8 Å². The number of rotatable bonds is 4. The van der Waals surface area contributed by atoms with E-state index in [1.54, 1.807) is 0 Å². The Kier molecular flexibility index (Phi) is 3.73. The summed E-state index contributed by atoms with van der Waals surface area (Å²) >= 11 is 0. The van der Waals surface area contributed by atoms with Crippen LogP contribution in [0.15, 0.2) is 30.5 Å². The number of aliphatic hydroxyl groups is 1. The normalized spacial score (nSPS) is 15.2. The predicted molar refractivity (Wildman–Crippen MR) is 75.3 cm³/mol. The van der Waals surface area contributed by atoms with Gasteiger partial charge in [-0.1, -0.05) is 32.0 Å². The zero-order valence-electron chi connectivity index (χ0n) is 11.3. The van der Waals surface area contributed by atoms with E-state index in [0.717, 1.165) is 5.56 Å². The molecule has 98 valence electrons.